The number of carboxylic acid groups (broad SMARTS) is 1. The van der Waals surface area contributed by atoms with E-state index in [1.165, 1.54) is 17.0 Å². The maximum Gasteiger partial charge on any atom is 0.335 e. The van der Waals surface area contributed by atoms with E-state index in [2.05, 4.69) is 5.32 Å². The van der Waals surface area contributed by atoms with E-state index in [-0.39, 0.29) is 11.6 Å². The summed E-state index contributed by atoms with van der Waals surface area (Å²) in [6, 6.07) is 4.32. The number of carboxylic acids is 1. The lowest BCUT2D eigenvalue weighted by atomic mass is 10.1. The van der Waals surface area contributed by atoms with Gasteiger partial charge in [0.05, 0.1) is 5.56 Å². The van der Waals surface area contributed by atoms with Crippen molar-refractivity contribution in [2.75, 3.05) is 19.4 Å². The van der Waals surface area contributed by atoms with E-state index in [1.807, 2.05) is 0 Å². The zero-order chi connectivity index (χ0) is 12.3. The van der Waals surface area contributed by atoms with Gasteiger partial charge in [-0.15, -0.1) is 0 Å². The predicted molar refractivity (Wildman–Crippen MR) is 60.8 cm³/mol. The van der Waals surface area contributed by atoms with Crippen LogP contribution in [0.1, 0.15) is 15.9 Å². The fraction of sp³-hybridized carbons (Fsp3) is 0.273. The Balaban J connectivity index is 2.91. The third-order valence-corrected chi connectivity index (χ3v) is 2.12. The van der Waals surface area contributed by atoms with Crippen molar-refractivity contribution in [2.24, 2.45) is 0 Å². The number of carbonyl (C=O) groups is 2. The molecule has 2 N–H and O–H groups in total. The molecule has 0 saturated carbocycles. The van der Waals surface area contributed by atoms with E-state index in [0.29, 0.717) is 5.69 Å². The van der Waals surface area contributed by atoms with Crippen LogP contribution in [-0.4, -0.2) is 36.1 Å². The Morgan fingerprint density at radius 3 is 2.38 bits per heavy atom. The van der Waals surface area contributed by atoms with Gasteiger partial charge < -0.3 is 15.3 Å². The van der Waals surface area contributed by atoms with Crippen molar-refractivity contribution < 1.29 is 14.7 Å². The fourth-order valence-corrected chi connectivity index (χ4v) is 1.16. The molecule has 5 nitrogen and oxygen atoms in total. The van der Waals surface area contributed by atoms with Crippen molar-refractivity contribution in [3.63, 3.8) is 0 Å². The molecule has 0 heterocycles. The molecular weight excluding hydrogens is 208 g/mol. The standard InChI is InChI=1S/C11H14N2O3/c1-7-6-8(10(14)15)4-5-9(7)12-11(16)13(2)3/h4-6H,1-3H3,(H,12,16)(H,14,15). The molecule has 5 heteroatoms. The SMILES string of the molecule is Cc1cc(C(=O)O)ccc1NC(=O)N(C)C. The highest BCUT2D eigenvalue weighted by atomic mass is 16.4. The molecule has 0 aliphatic carbocycles. The summed E-state index contributed by atoms with van der Waals surface area (Å²) in [5, 5.41) is 11.4. The summed E-state index contributed by atoms with van der Waals surface area (Å²) in [5.74, 6) is -0.978. The summed E-state index contributed by atoms with van der Waals surface area (Å²) >= 11 is 0. The zero-order valence-electron chi connectivity index (χ0n) is 9.44. The lowest BCUT2D eigenvalue weighted by Gasteiger charge is -2.13. The highest BCUT2D eigenvalue weighted by Crippen LogP contribution is 2.16. The second kappa shape index (κ2) is 4.65. The molecule has 16 heavy (non-hydrogen) atoms. The quantitative estimate of drug-likeness (QED) is 0.801. The van der Waals surface area contributed by atoms with Crippen molar-refractivity contribution in [3.05, 3.63) is 29.3 Å². The molecule has 86 valence electrons. The summed E-state index contributed by atoms with van der Waals surface area (Å²) < 4.78 is 0. The van der Waals surface area contributed by atoms with E-state index in [0.717, 1.165) is 5.56 Å². The highest BCUT2D eigenvalue weighted by molar-refractivity contribution is 5.92. The average molecular weight is 222 g/mol. The van der Waals surface area contributed by atoms with Gasteiger partial charge in [0.1, 0.15) is 0 Å². The van der Waals surface area contributed by atoms with Crippen LogP contribution in [-0.2, 0) is 0 Å². The topological polar surface area (TPSA) is 69.6 Å². The maximum atomic E-state index is 11.4. The number of nitrogens with zero attached hydrogens (tertiary/aromatic N) is 1. The summed E-state index contributed by atoms with van der Waals surface area (Å²) in [6.07, 6.45) is 0. The first-order chi connectivity index (χ1) is 7.41. The first-order valence-corrected chi connectivity index (χ1v) is 4.74. The summed E-state index contributed by atoms with van der Waals surface area (Å²) in [7, 11) is 3.27. The zero-order valence-corrected chi connectivity index (χ0v) is 9.44. The van der Waals surface area contributed by atoms with Crippen molar-refractivity contribution in [3.8, 4) is 0 Å². The molecule has 0 fully saturated rings. The Hall–Kier alpha value is -2.04. The number of carbonyl (C=O) groups excluding carboxylic acids is 1. The predicted octanol–water partition coefficient (Wildman–Crippen LogP) is 1.79. The van der Waals surface area contributed by atoms with E-state index < -0.39 is 5.97 Å². The molecule has 0 aliphatic rings. The van der Waals surface area contributed by atoms with Gasteiger partial charge >= 0.3 is 12.0 Å². The van der Waals surface area contributed by atoms with E-state index in [9.17, 15) is 9.59 Å². The number of amides is 2. The number of rotatable bonds is 2. The van der Waals surface area contributed by atoms with Crippen LogP contribution in [0.25, 0.3) is 0 Å². The minimum absolute atomic E-state index is 0.209. The van der Waals surface area contributed by atoms with Gasteiger partial charge in [-0.25, -0.2) is 9.59 Å². The average Bonchev–Trinajstić information content (AvgIpc) is 2.20. The van der Waals surface area contributed by atoms with Gasteiger partial charge in [0.2, 0.25) is 0 Å². The molecule has 0 saturated heterocycles. The minimum Gasteiger partial charge on any atom is -0.478 e. The van der Waals surface area contributed by atoms with Crippen molar-refractivity contribution in [1.82, 2.24) is 4.90 Å². The Labute approximate surface area is 93.7 Å². The lowest BCUT2D eigenvalue weighted by Crippen LogP contribution is -2.27. The molecule has 0 radical (unpaired) electrons. The molecule has 0 spiro atoms. The normalized spacial score (nSPS) is 9.69. The number of hydrogen-bond acceptors (Lipinski definition) is 2. The number of hydrogen-bond donors (Lipinski definition) is 2. The second-order valence-electron chi connectivity index (χ2n) is 3.66. The third kappa shape index (κ3) is 2.73. The fourth-order valence-electron chi connectivity index (χ4n) is 1.16. The van der Waals surface area contributed by atoms with Crippen LogP contribution in [0, 0.1) is 6.92 Å². The van der Waals surface area contributed by atoms with Gasteiger partial charge in [-0.1, -0.05) is 0 Å². The first kappa shape index (κ1) is 12.0. The third-order valence-electron chi connectivity index (χ3n) is 2.12. The highest BCUT2D eigenvalue weighted by Gasteiger charge is 2.08. The maximum absolute atomic E-state index is 11.4. The Morgan fingerprint density at radius 2 is 1.94 bits per heavy atom. The van der Waals surface area contributed by atoms with Gasteiger partial charge in [0.25, 0.3) is 0 Å². The number of aromatic carboxylic acids is 1. The largest absolute Gasteiger partial charge is 0.478 e. The molecule has 0 atom stereocenters. The van der Waals surface area contributed by atoms with Gasteiger partial charge in [-0.3, -0.25) is 0 Å². The van der Waals surface area contributed by atoms with Crippen LogP contribution >= 0.6 is 0 Å². The number of aryl methyl sites for hydroxylation is 1. The molecule has 1 aromatic rings. The smallest absolute Gasteiger partial charge is 0.335 e. The van der Waals surface area contributed by atoms with Gasteiger partial charge in [0, 0.05) is 19.8 Å². The summed E-state index contributed by atoms with van der Waals surface area (Å²) in [5.41, 5.74) is 1.54. The number of nitrogens with one attached hydrogen (secondary N) is 1. The van der Waals surface area contributed by atoms with Crippen LogP contribution in [0.3, 0.4) is 0 Å². The first-order valence-electron chi connectivity index (χ1n) is 4.74. The minimum atomic E-state index is -0.978. The van der Waals surface area contributed by atoms with Gasteiger partial charge in [0.15, 0.2) is 0 Å². The number of urea groups is 1. The van der Waals surface area contributed by atoms with Crippen molar-refractivity contribution in [1.29, 1.82) is 0 Å². The van der Waals surface area contributed by atoms with Crippen LogP contribution in [0.2, 0.25) is 0 Å². The van der Waals surface area contributed by atoms with Gasteiger partial charge in [-0.05, 0) is 30.7 Å². The molecular formula is C11H14N2O3. The Bertz CT molecular complexity index is 427. The van der Waals surface area contributed by atoms with Crippen LogP contribution in [0.5, 0.6) is 0 Å². The van der Waals surface area contributed by atoms with Crippen LogP contribution in [0.4, 0.5) is 10.5 Å². The monoisotopic (exact) mass is 222 g/mol. The molecule has 1 aromatic carbocycles. The second-order valence-corrected chi connectivity index (χ2v) is 3.66. The van der Waals surface area contributed by atoms with Crippen LogP contribution < -0.4 is 5.32 Å². The van der Waals surface area contributed by atoms with Crippen molar-refractivity contribution >= 4 is 17.7 Å². The van der Waals surface area contributed by atoms with Crippen LogP contribution in [0.15, 0.2) is 18.2 Å². The number of benzene rings is 1. The van der Waals surface area contributed by atoms with Crippen molar-refractivity contribution in [2.45, 2.75) is 6.92 Å². The van der Waals surface area contributed by atoms with E-state index in [1.54, 1.807) is 27.1 Å². The van der Waals surface area contributed by atoms with Gasteiger partial charge in [-0.2, -0.15) is 0 Å². The molecule has 0 bridgehead atoms. The molecule has 0 aromatic heterocycles. The molecule has 0 aliphatic heterocycles. The molecule has 0 unspecified atom stereocenters. The molecule has 1 rings (SSSR count). The summed E-state index contributed by atoms with van der Waals surface area (Å²) in [4.78, 5) is 23.5. The van der Waals surface area contributed by atoms with E-state index in [4.69, 9.17) is 5.11 Å². The Kier molecular flexibility index (Phi) is 3.50. The molecule has 2 amide bonds. The van der Waals surface area contributed by atoms with E-state index >= 15 is 0 Å². The summed E-state index contributed by atoms with van der Waals surface area (Å²) in [6.45, 7) is 1.75. The number of anilines is 1. The lowest BCUT2D eigenvalue weighted by molar-refractivity contribution is 0.0697. The Morgan fingerprint density at radius 1 is 1.31 bits per heavy atom.